The molecule has 2 nitrogen and oxygen atoms in total. The second kappa shape index (κ2) is 5.29. The van der Waals surface area contributed by atoms with Gasteiger partial charge in [0, 0.05) is 16.5 Å². The number of carbonyl (C=O) groups is 1. The van der Waals surface area contributed by atoms with Gasteiger partial charge in [0.25, 0.3) is 0 Å². The van der Waals surface area contributed by atoms with Crippen LogP contribution in [0.3, 0.4) is 0 Å². The molecule has 0 saturated carbocycles. The van der Waals surface area contributed by atoms with Gasteiger partial charge in [-0.25, -0.2) is 4.39 Å². The molecule has 0 atom stereocenters. The molecule has 0 aliphatic rings. The fraction of sp³-hybridized carbons (Fsp3) is 0.267. The summed E-state index contributed by atoms with van der Waals surface area (Å²) in [6.07, 6.45) is 0.0337. The van der Waals surface area contributed by atoms with Crippen molar-refractivity contribution >= 4 is 21.7 Å². The van der Waals surface area contributed by atoms with Gasteiger partial charge in [0.2, 0.25) is 0 Å². The minimum atomic E-state index is -0.368. The number of rotatable bonds is 3. The number of hydrogen-bond donors (Lipinski definition) is 0. The zero-order valence-electron chi connectivity index (χ0n) is 11.0. The van der Waals surface area contributed by atoms with E-state index in [1.54, 1.807) is 19.1 Å². The van der Waals surface area contributed by atoms with E-state index in [0.717, 1.165) is 15.8 Å². The molecule has 1 heterocycles. The average molecular weight is 325 g/mol. The lowest BCUT2D eigenvalue weighted by molar-refractivity contribution is 0.0990. The van der Waals surface area contributed by atoms with E-state index in [1.807, 2.05) is 13.8 Å². The maximum Gasteiger partial charge on any atom is 0.171 e. The monoisotopic (exact) mass is 324 g/mol. The van der Waals surface area contributed by atoms with Crippen molar-refractivity contribution in [2.75, 3.05) is 0 Å². The lowest BCUT2D eigenvalue weighted by atomic mass is 9.99. The van der Waals surface area contributed by atoms with Crippen molar-refractivity contribution in [1.82, 2.24) is 0 Å². The minimum absolute atomic E-state index is 0.0337. The quantitative estimate of drug-likeness (QED) is 0.776. The van der Waals surface area contributed by atoms with Gasteiger partial charge >= 0.3 is 0 Å². The van der Waals surface area contributed by atoms with Crippen LogP contribution in [0.2, 0.25) is 0 Å². The summed E-state index contributed by atoms with van der Waals surface area (Å²) < 4.78 is 19.8. The third-order valence-electron chi connectivity index (χ3n) is 3.20. The van der Waals surface area contributed by atoms with E-state index in [4.69, 9.17) is 4.42 Å². The number of hydrogen-bond acceptors (Lipinski definition) is 2. The molecule has 19 heavy (non-hydrogen) atoms. The first-order chi connectivity index (χ1) is 8.90. The summed E-state index contributed by atoms with van der Waals surface area (Å²) in [5, 5.41) is 0. The number of halogens is 2. The molecular formula is C15H14BrFO2. The summed E-state index contributed by atoms with van der Waals surface area (Å²) in [5.74, 6) is 0.835. The molecule has 0 N–H and O–H groups in total. The van der Waals surface area contributed by atoms with Crippen LogP contribution in [0.5, 0.6) is 0 Å². The summed E-state index contributed by atoms with van der Waals surface area (Å²) >= 11 is 3.28. The number of carbonyl (C=O) groups excluding carboxylic acids is 1. The number of ketones is 1. The lowest BCUT2D eigenvalue weighted by Gasteiger charge is -2.04. The van der Waals surface area contributed by atoms with Crippen LogP contribution in [0, 0.1) is 26.6 Å². The molecule has 0 unspecified atom stereocenters. The fourth-order valence-electron chi connectivity index (χ4n) is 2.14. The molecule has 0 saturated heterocycles. The Labute approximate surface area is 119 Å². The van der Waals surface area contributed by atoms with Gasteiger partial charge in [-0.05, 0) is 44.5 Å². The molecule has 1 aromatic heterocycles. The first kappa shape index (κ1) is 14.0. The highest BCUT2D eigenvalue weighted by atomic mass is 79.9. The van der Waals surface area contributed by atoms with Crippen molar-refractivity contribution in [3.05, 3.63) is 56.7 Å². The summed E-state index contributed by atoms with van der Waals surface area (Å²) in [5.41, 5.74) is 1.78. The molecule has 100 valence electrons. The molecule has 2 rings (SSSR count). The van der Waals surface area contributed by atoms with Crippen LogP contribution in [0.25, 0.3) is 0 Å². The highest BCUT2D eigenvalue weighted by Crippen LogP contribution is 2.24. The van der Waals surface area contributed by atoms with Crippen LogP contribution < -0.4 is 0 Å². The average Bonchev–Trinajstić information content (AvgIpc) is 2.58. The van der Waals surface area contributed by atoms with Crippen molar-refractivity contribution < 1.29 is 13.6 Å². The molecule has 0 aliphatic carbocycles. The third kappa shape index (κ3) is 2.78. The first-order valence-corrected chi connectivity index (χ1v) is 6.73. The van der Waals surface area contributed by atoms with Crippen LogP contribution >= 0.6 is 15.9 Å². The summed E-state index contributed by atoms with van der Waals surface area (Å²) in [6, 6.07) is 4.60. The number of aryl methyl sites for hydroxylation is 2. The van der Waals surface area contributed by atoms with Crippen LogP contribution in [0.15, 0.2) is 27.1 Å². The predicted molar refractivity (Wildman–Crippen MR) is 75.1 cm³/mol. The van der Waals surface area contributed by atoms with Gasteiger partial charge in [0.05, 0.1) is 5.56 Å². The molecule has 1 aromatic carbocycles. The zero-order valence-corrected chi connectivity index (χ0v) is 12.6. The molecule has 0 radical (unpaired) electrons. The standard InChI is InChI=1S/C15H14BrFO2/c1-8-9(2)19-10(3)15(8)14(18)7-11-6-12(16)4-5-13(11)17/h4-6H,7H2,1-3H3. The van der Waals surface area contributed by atoms with Crippen LogP contribution in [0.4, 0.5) is 4.39 Å². The Balaban J connectivity index is 2.33. The van der Waals surface area contributed by atoms with E-state index in [1.165, 1.54) is 6.07 Å². The van der Waals surface area contributed by atoms with Crippen molar-refractivity contribution in [2.24, 2.45) is 0 Å². The van der Waals surface area contributed by atoms with Gasteiger partial charge in [0.15, 0.2) is 5.78 Å². The number of furan rings is 1. The molecule has 0 fully saturated rings. The zero-order chi connectivity index (χ0) is 14.2. The molecule has 0 bridgehead atoms. The number of benzene rings is 1. The Bertz CT molecular complexity index is 644. The van der Waals surface area contributed by atoms with Gasteiger partial charge < -0.3 is 4.42 Å². The SMILES string of the molecule is Cc1oc(C)c(C(=O)Cc2cc(Br)ccc2F)c1C. The van der Waals surface area contributed by atoms with Crippen molar-refractivity contribution in [3.63, 3.8) is 0 Å². The van der Waals surface area contributed by atoms with E-state index in [2.05, 4.69) is 15.9 Å². The summed E-state index contributed by atoms with van der Waals surface area (Å²) in [7, 11) is 0. The summed E-state index contributed by atoms with van der Waals surface area (Å²) in [6.45, 7) is 5.42. The molecule has 0 aliphatic heterocycles. The van der Waals surface area contributed by atoms with Crippen molar-refractivity contribution in [2.45, 2.75) is 27.2 Å². The maximum atomic E-state index is 13.7. The third-order valence-corrected chi connectivity index (χ3v) is 3.69. The Morgan fingerprint density at radius 1 is 1.26 bits per heavy atom. The fourth-order valence-corrected chi connectivity index (χ4v) is 2.55. The van der Waals surface area contributed by atoms with Gasteiger partial charge in [-0.3, -0.25) is 4.79 Å². The highest BCUT2D eigenvalue weighted by Gasteiger charge is 2.19. The lowest BCUT2D eigenvalue weighted by Crippen LogP contribution is -2.07. The van der Waals surface area contributed by atoms with Crippen LogP contribution in [-0.4, -0.2) is 5.78 Å². The van der Waals surface area contributed by atoms with Gasteiger partial charge in [-0.1, -0.05) is 15.9 Å². The molecular weight excluding hydrogens is 311 g/mol. The van der Waals surface area contributed by atoms with Crippen LogP contribution in [0.1, 0.15) is 33.0 Å². The highest BCUT2D eigenvalue weighted by molar-refractivity contribution is 9.10. The predicted octanol–water partition coefficient (Wildman–Crippen LogP) is 4.53. The second-order valence-corrected chi connectivity index (χ2v) is 5.47. The normalized spacial score (nSPS) is 10.8. The van der Waals surface area contributed by atoms with Crippen LogP contribution in [-0.2, 0) is 6.42 Å². The van der Waals surface area contributed by atoms with Gasteiger partial charge in [-0.2, -0.15) is 0 Å². The minimum Gasteiger partial charge on any atom is -0.466 e. The molecule has 4 heteroatoms. The second-order valence-electron chi connectivity index (χ2n) is 4.55. The Hall–Kier alpha value is -1.42. The Morgan fingerprint density at radius 3 is 2.53 bits per heavy atom. The molecule has 0 spiro atoms. The summed E-state index contributed by atoms with van der Waals surface area (Å²) in [4.78, 5) is 12.3. The van der Waals surface area contributed by atoms with Gasteiger partial charge in [-0.15, -0.1) is 0 Å². The van der Waals surface area contributed by atoms with Crippen molar-refractivity contribution in [3.8, 4) is 0 Å². The largest absolute Gasteiger partial charge is 0.466 e. The van der Waals surface area contributed by atoms with E-state index < -0.39 is 0 Å². The first-order valence-electron chi connectivity index (χ1n) is 5.94. The van der Waals surface area contributed by atoms with Crippen molar-refractivity contribution in [1.29, 1.82) is 0 Å². The molecule has 2 aromatic rings. The number of Topliss-reactive ketones (excluding diaryl/α,β-unsaturated/α-hetero) is 1. The topological polar surface area (TPSA) is 30.2 Å². The smallest absolute Gasteiger partial charge is 0.171 e. The Morgan fingerprint density at radius 2 is 1.95 bits per heavy atom. The maximum absolute atomic E-state index is 13.7. The van der Waals surface area contributed by atoms with E-state index in [-0.39, 0.29) is 18.0 Å². The van der Waals surface area contributed by atoms with E-state index in [0.29, 0.717) is 16.9 Å². The van der Waals surface area contributed by atoms with E-state index in [9.17, 15) is 9.18 Å². The van der Waals surface area contributed by atoms with Gasteiger partial charge in [0.1, 0.15) is 17.3 Å². The Kier molecular flexibility index (Phi) is 3.90. The molecule has 0 amide bonds. The van der Waals surface area contributed by atoms with E-state index >= 15 is 0 Å².